The van der Waals surface area contributed by atoms with Crippen molar-refractivity contribution in [2.24, 2.45) is 0 Å². The first-order chi connectivity index (χ1) is 15.1. The highest BCUT2D eigenvalue weighted by molar-refractivity contribution is 5.95. The summed E-state index contributed by atoms with van der Waals surface area (Å²) in [5, 5.41) is 11.0. The van der Waals surface area contributed by atoms with Gasteiger partial charge < -0.3 is 4.90 Å². The normalized spacial score (nSPS) is 12.9. The van der Waals surface area contributed by atoms with Gasteiger partial charge in [-0.15, -0.1) is 0 Å². The molecular weight excluding hydrogens is 388 g/mol. The third-order valence-corrected chi connectivity index (χ3v) is 6.47. The third-order valence-electron chi connectivity index (χ3n) is 6.47. The summed E-state index contributed by atoms with van der Waals surface area (Å²) in [7, 11) is 0. The van der Waals surface area contributed by atoms with Crippen LogP contribution in [0.1, 0.15) is 115 Å². The van der Waals surface area contributed by atoms with Gasteiger partial charge in [-0.25, -0.2) is 0 Å². The van der Waals surface area contributed by atoms with Gasteiger partial charge in [-0.2, -0.15) is 0 Å². The quantitative estimate of drug-likeness (QED) is 0.144. The number of anilines is 1. The number of unbranched alkanes of at least 4 members (excludes halogenated alkanes) is 14. The number of nitrogens with zero attached hydrogens (tertiary/aromatic N) is 2. The smallest absolute Gasteiger partial charge is 0.271 e. The Bertz CT molecular complexity index is 675. The molecular formula is C26H42N2O3. The molecule has 1 aliphatic heterocycles. The van der Waals surface area contributed by atoms with Crippen LogP contribution in [0.5, 0.6) is 0 Å². The first-order valence-corrected chi connectivity index (χ1v) is 12.7. The van der Waals surface area contributed by atoms with Crippen LogP contribution in [0, 0.1) is 10.1 Å². The molecule has 0 aromatic heterocycles. The molecule has 0 aliphatic carbocycles. The van der Waals surface area contributed by atoms with E-state index in [1.54, 1.807) is 17.0 Å². The summed E-state index contributed by atoms with van der Waals surface area (Å²) < 4.78 is 0. The largest absolute Gasteiger partial charge is 0.312 e. The van der Waals surface area contributed by atoms with E-state index in [0.717, 1.165) is 30.5 Å². The van der Waals surface area contributed by atoms with Gasteiger partial charge in [0.2, 0.25) is 5.91 Å². The van der Waals surface area contributed by atoms with Gasteiger partial charge in [0.25, 0.3) is 5.69 Å². The molecule has 0 atom stereocenters. The van der Waals surface area contributed by atoms with Gasteiger partial charge in [-0.3, -0.25) is 14.9 Å². The molecule has 1 amide bonds. The van der Waals surface area contributed by atoms with E-state index >= 15 is 0 Å². The number of nitro benzene ring substituents is 1. The van der Waals surface area contributed by atoms with E-state index in [4.69, 9.17) is 0 Å². The second-order valence-corrected chi connectivity index (χ2v) is 9.07. The summed E-state index contributed by atoms with van der Waals surface area (Å²) in [5.41, 5.74) is 1.83. The van der Waals surface area contributed by atoms with Crippen LogP contribution in [0.2, 0.25) is 0 Å². The molecule has 0 radical (unpaired) electrons. The highest BCUT2D eigenvalue weighted by atomic mass is 16.6. The Kier molecular flexibility index (Phi) is 12.3. The number of carbonyl (C=O) groups excluding carboxylic acids is 1. The van der Waals surface area contributed by atoms with Crippen LogP contribution in [-0.2, 0) is 11.2 Å². The zero-order chi connectivity index (χ0) is 22.3. The fourth-order valence-corrected chi connectivity index (χ4v) is 4.52. The van der Waals surface area contributed by atoms with Crippen LogP contribution < -0.4 is 4.90 Å². The van der Waals surface area contributed by atoms with E-state index in [1.165, 1.54) is 89.5 Å². The lowest BCUT2D eigenvalue weighted by molar-refractivity contribution is -0.384. The molecule has 1 heterocycles. The molecule has 174 valence electrons. The van der Waals surface area contributed by atoms with E-state index < -0.39 is 4.92 Å². The van der Waals surface area contributed by atoms with Crippen molar-refractivity contribution in [3.05, 3.63) is 33.9 Å². The first-order valence-electron chi connectivity index (χ1n) is 12.7. The molecule has 0 saturated heterocycles. The Morgan fingerprint density at radius 1 is 0.871 bits per heavy atom. The average molecular weight is 431 g/mol. The average Bonchev–Trinajstić information content (AvgIpc) is 3.19. The molecule has 0 N–H and O–H groups in total. The lowest BCUT2D eigenvalue weighted by Gasteiger charge is -2.17. The summed E-state index contributed by atoms with van der Waals surface area (Å²) in [4.78, 5) is 24.9. The van der Waals surface area contributed by atoms with Crippen molar-refractivity contribution in [1.82, 2.24) is 0 Å². The van der Waals surface area contributed by atoms with Crippen molar-refractivity contribution < 1.29 is 9.72 Å². The van der Waals surface area contributed by atoms with Crippen molar-refractivity contribution in [2.45, 2.75) is 116 Å². The van der Waals surface area contributed by atoms with Crippen LogP contribution in [-0.4, -0.2) is 17.4 Å². The van der Waals surface area contributed by atoms with Gasteiger partial charge in [0.05, 0.1) is 10.6 Å². The Labute approximate surface area is 188 Å². The maximum absolute atomic E-state index is 12.6. The van der Waals surface area contributed by atoms with Gasteiger partial charge >= 0.3 is 0 Å². The zero-order valence-corrected chi connectivity index (χ0v) is 19.6. The molecule has 0 fully saturated rings. The molecule has 2 rings (SSSR count). The number of fused-ring (bicyclic) bond motifs is 1. The van der Waals surface area contributed by atoms with Gasteiger partial charge in [-0.05, 0) is 18.4 Å². The number of rotatable bonds is 17. The van der Waals surface area contributed by atoms with Gasteiger partial charge in [-0.1, -0.05) is 103 Å². The SMILES string of the molecule is CCCCCCCCCCCCCCCCCC(=O)N1CCc2ccc([N+](=O)[O-])cc21. The zero-order valence-electron chi connectivity index (χ0n) is 19.6. The highest BCUT2D eigenvalue weighted by Crippen LogP contribution is 2.32. The highest BCUT2D eigenvalue weighted by Gasteiger charge is 2.26. The minimum Gasteiger partial charge on any atom is -0.312 e. The van der Waals surface area contributed by atoms with Crippen molar-refractivity contribution >= 4 is 17.3 Å². The maximum atomic E-state index is 12.6. The number of hydrogen-bond acceptors (Lipinski definition) is 3. The fourth-order valence-electron chi connectivity index (χ4n) is 4.52. The molecule has 1 aromatic rings. The summed E-state index contributed by atoms with van der Waals surface area (Å²) in [6, 6.07) is 4.86. The van der Waals surface area contributed by atoms with E-state index in [9.17, 15) is 14.9 Å². The molecule has 5 heteroatoms. The number of non-ortho nitro benzene ring substituents is 1. The first kappa shape index (κ1) is 25.4. The second-order valence-electron chi connectivity index (χ2n) is 9.07. The lowest BCUT2D eigenvalue weighted by Crippen LogP contribution is -2.28. The van der Waals surface area contributed by atoms with Crippen molar-refractivity contribution in [1.29, 1.82) is 0 Å². The summed E-state index contributed by atoms with van der Waals surface area (Å²) >= 11 is 0. The predicted octanol–water partition coefficient (Wildman–Crippen LogP) is 7.75. The van der Waals surface area contributed by atoms with Crippen LogP contribution in [0.25, 0.3) is 0 Å². The van der Waals surface area contributed by atoms with E-state index in [1.807, 2.05) is 0 Å². The van der Waals surface area contributed by atoms with Crippen LogP contribution >= 0.6 is 0 Å². The van der Waals surface area contributed by atoms with Crippen molar-refractivity contribution in [3.8, 4) is 0 Å². The number of benzene rings is 1. The van der Waals surface area contributed by atoms with Crippen LogP contribution in [0.4, 0.5) is 11.4 Å². The Morgan fingerprint density at radius 3 is 1.90 bits per heavy atom. The third kappa shape index (κ3) is 9.40. The molecule has 1 aromatic carbocycles. The molecule has 31 heavy (non-hydrogen) atoms. The minimum absolute atomic E-state index is 0.0606. The lowest BCUT2D eigenvalue weighted by atomic mass is 10.0. The Morgan fingerprint density at radius 2 is 1.39 bits per heavy atom. The minimum atomic E-state index is -0.393. The molecule has 5 nitrogen and oxygen atoms in total. The number of amides is 1. The number of carbonyl (C=O) groups is 1. The van der Waals surface area contributed by atoms with Crippen LogP contribution in [0.15, 0.2) is 18.2 Å². The van der Waals surface area contributed by atoms with Gasteiger partial charge in [0.1, 0.15) is 0 Å². The second kappa shape index (κ2) is 15.0. The summed E-state index contributed by atoms with van der Waals surface area (Å²) in [5.74, 6) is 0.106. The van der Waals surface area contributed by atoms with Crippen molar-refractivity contribution in [2.75, 3.05) is 11.4 Å². The van der Waals surface area contributed by atoms with Gasteiger partial charge in [0, 0.05) is 25.1 Å². The van der Waals surface area contributed by atoms with E-state index in [2.05, 4.69) is 6.92 Å². The number of hydrogen-bond donors (Lipinski definition) is 0. The molecule has 1 aliphatic rings. The van der Waals surface area contributed by atoms with Crippen LogP contribution in [0.3, 0.4) is 0 Å². The van der Waals surface area contributed by atoms with E-state index in [0.29, 0.717) is 13.0 Å². The summed E-state index contributed by atoms with van der Waals surface area (Å²) in [6.45, 7) is 2.92. The topological polar surface area (TPSA) is 63.5 Å². The van der Waals surface area contributed by atoms with Gasteiger partial charge in [0.15, 0.2) is 0 Å². The number of nitro groups is 1. The predicted molar refractivity (Wildman–Crippen MR) is 129 cm³/mol. The molecule has 0 bridgehead atoms. The van der Waals surface area contributed by atoms with E-state index in [-0.39, 0.29) is 11.6 Å². The molecule has 0 saturated carbocycles. The maximum Gasteiger partial charge on any atom is 0.271 e. The molecule has 0 unspecified atom stereocenters. The fraction of sp³-hybridized carbons (Fsp3) is 0.731. The Hall–Kier alpha value is -1.91. The molecule has 0 spiro atoms. The van der Waals surface area contributed by atoms with Crippen molar-refractivity contribution in [3.63, 3.8) is 0 Å². The standard InChI is InChI=1S/C26H42N2O3/c1-2-3-4-5-6-7-8-9-10-11-12-13-14-15-16-17-26(29)27-21-20-23-18-19-24(28(30)31)22-25(23)27/h18-19,22H,2-17,20-21H2,1H3. The monoisotopic (exact) mass is 430 g/mol. The Balaban J connectivity index is 1.46. The summed E-state index contributed by atoms with van der Waals surface area (Å²) in [6.07, 6.45) is 21.0.